The molecule has 3 heteroatoms. The van der Waals surface area contributed by atoms with E-state index in [2.05, 4.69) is 69.8 Å². The quantitative estimate of drug-likeness (QED) is 0.392. The van der Waals surface area contributed by atoms with Gasteiger partial charge < -0.3 is 0 Å². The molecule has 0 amide bonds. The predicted molar refractivity (Wildman–Crippen MR) is 93.6 cm³/mol. The summed E-state index contributed by atoms with van der Waals surface area (Å²) in [5.41, 5.74) is 1.21. The van der Waals surface area contributed by atoms with Crippen molar-refractivity contribution in [2.45, 2.75) is 35.5 Å². The molecule has 0 aliphatic rings. The summed E-state index contributed by atoms with van der Waals surface area (Å²) in [7, 11) is 0. The Balaban J connectivity index is 2.87. The van der Waals surface area contributed by atoms with Crippen molar-refractivity contribution < 1.29 is 0 Å². The first-order valence-corrected chi connectivity index (χ1v) is 7.25. The minimum absolute atomic E-state index is 0.000732. The van der Waals surface area contributed by atoms with Crippen molar-refractivity contribution in [1.82, 2.24) is 0 Å². The second-order valence-electron chi connectivity index (χ2n) is 4.93. The minimum Gasteiger partial charge on any atom is -0.143 e. The molecule has 0 spiro atoms. The van der Waals surface area contributed by atoms with E-state index >= 15 is 0 Å². The van der Waals surface area contributed by atoms with E-state index in [1.54, 1.807) is 6.08 Å². The average molecular weight is 307 g/mol. The zero-order valence-electron chi connectivity index (χ0n) is 11.1. The number of thiol groups is 3. The summed E-state index contributed by atoms with van der Waals surface area (Å²) in [5.74, 6) is 2.45. The molecule has 0 heterocycles. The van der Waals surface area contributed by atoms with Crippen LogP contribution in [0.25, 0.3) is 0 Å². The lowest BCUT2D eigenvalue weighted by Crippen LogP contribution is -2.16. The Morgan fingerprint density at radius 1 is 1.37 bits per heavy atom. The van der Waals surface area contributed by atoms with E-state index in [4.69, 9.17) is 6.42 Å². The van der Waals surface area contributed by atoms with Gasteiger partial charge in [0, 0.05) is 20.8 Å². The highest BCUT2D eigenvalue weighted by atomic mass is 32.1. The Labute approximate surface area is 132 Å². The maximum atomic E-state index is 5.19. The number of hydrogen-bond acceptors (Lipinski definition) is 3. The van der Waals surface area contributed by atoms with Gasteiger partial charge >= 0.3 is 0 Å². The molecular weight excluding hydrogens is 288 g/mol. The maximum Gasteiger partial charge on any atom is 0.0120 e. The van der Waals surface area contributed by atoms with Crippen molar-refractivity contribution in [2.75, 3.05) is 0 Å². The van der Waals surface area contributed by atoms with Crippen molar-refractivity contribution in [3.63, 3.8) is 0 Å². The first-order chi connectivity index (χ1) is 8.86. The molecule has 0 aromatic heterocycles. The van der Waals surface area contributed by atoms with Crippen LogP contribution in [0.3, 0.4) is 0 Å². The number of rotatable bonds is 4. The predicted octanol–water partition coefficient (Wildman–Crippen LogP) is 4.93. The Kier molecular flexibility index (Phi) is 6.19. The summed E-state index contributed by atoms with van der Waals surface area (Å²) in [6, 6.07) is 6.04. The van der Waals surface area contributed by atoms with Crippen LogP contribution in [0.2, 0.25) is 0 Å². The standard InChI is InChI=1S/C16H18S3/c1-4-6-12(17)7-5-10-16(2,3)14-9-8-13(18)11-15(14)19/h1,5-9,11,17-19H,10H2,2-3H3/b7-5-,12-6+. The zero-order valence-corrected chi connectivity index (χ0v) is 13.8. The fourth-order valence-corrected chi connectivity index (χ4v) is 2.81. The minimum atomic E-state index is -0.000732. The summed E-state index contributed by atoms with van der Waals surface area (Å²) in [6.07, 6.45) is 11.7. The molecule has 0 N–H and O–H groups in total. The van der Waals surface area contributed by atoms with Crippen LogP contribution in [0.1, 0.15) is 25.8 Å². The second-order valence-corrected chi connectivity index (χ2v) is 6.44. The molecule has 1 rings (SSSR count). The van der Waals surface area contributed by atoms with Crippen LogP contribution >= 0.6 is 37.9 Å². The lowest BCUT2D eigenvalue weighted by molar-refractivity contribution is 0.523. The summed E-state index contributed by atoms with van der Waals surface area (Å²) in [5, 5.41) is 0. The van der Waals surface area contributed by atoms with Gasteiger partial charge in [0.15, 0.2) is 0 Å². The van der Waals surface area contributed by atoms with Gasteiger partial charge in [0.2, 0.25) is 0 Å². The number of terminal acetylenes is 1. The van der Waals surface area contributed by atoms with E-state index in [1.807, 2.05) is 18.2 Å². The van der Waals surface area contributed by atoms with Crippen molar-refractivity contribution in [3.8, 4) is 12.3 Å². The van der Waals surface area contributed by atoms with E-state index in [0.29, 0.717) is 0 Å². The lowest BCUT2D eigenvalue weighted by atomic mass is 9.81. The maximum absolute atomic E-state index is 5.19. The number of allylic oxidation sites excluding steroid dienone is 3. The molecule has 19 heavy (non-hydrogen) atoms. The van der Waals surface area contributed by atoms with Crippen LogP contribution in [0.4, 0.5) is 0 Å². The number of hydrogen-bond donors (Lipinski definition) is 3. The fraction of sp³-hybridized carbons (Fsp3) is 0.250. The highest BCUT2D eigenvalue weighted by molar-refractivity contribution is 7.84. The van der Waals surface area contributed by atoms with Gasteiger partial charge in [-0.15, -0.1) is 44.3 Å². The highest BCUT2D eigenvalue weighted by Gasteiger charge is 2.21. The lowest BCUT2D eigenvalue weighted by Gasteiger charge is -2.25. The molecule has 0 saturated heterocycles. The molecule has 0 unspecified atom stereocenters. The van der Waals surface area contributed by atoms with Crippen molar-refractivity contribution in [1.29, 1.82) is 0 Å². The first kappa shape index (κ1) is 16.4. The molecule has 0 radical (unpaired) electrons. The Hall–Kier alpha value is -0.690. The molecule has 100 valence electrons. The first-order valence-electron chi connectivity index (χ1n) is 5.91. The summed E-state index contributed by atoms with van der Waals surface area (Å²) in [4.78, 5) is 2.68. The van der Waals surface area contributed by atoms with Gasteiger partial charge in [-0.05, 0) is 29.5 Å². The van der Waals surface area contributed by atoms with Crippen molar-refractivity contribution >= 4 is 37.9 Å². The van der Waals surface area contributed by atoms with Gasteiger partial charge in [0.05, 0.1) is 0 Å². The second kappa shape index (κ2) is 7.19. The van der Waals surface area contributed by atoms with Gasteiger partial charge in [0.25, 0.3) is 0 Å². The highest BCUT2D eigenvalue weighted by Crippen LogP contribution is 2.33. The third-order valence-electron chi connectivity index (χ3n) is 2.86. The summed E-state index contributed by atoms with van der Waals surface area (Å²) >= 11 is 13.1. The molecule has 0 atom stereocenters. The van der Waals surface area contributed by atoms with Crippen LogP contribution < -0.4 is 0 Å². The van der Waals surface area contributed by atoms with Crippen LogP contribution in [0, 0.1) is 12.3 Å². The summed E-state index contributed by atoms with van der Waals surface area (Å²) in [6.45, 7) is 4.38. The number of benzene rings is 1. The van der Waals surface area contributed by atoms with Gasteiger partial charge in [-0.1, -0.05) is 38.0 Å². The zero-order chi connectivity index (χ0) is 14.5. The van der Waals surface area contributed by atoms with E-state index < -0.39 is 0 Å². The van der Waals surface area contributed by atoms with E-state index in [1.165, 1.54) is 5.56 Å². The Morgan fingerprint density at radius 3 is 2.63 bits per heavy atom. The molecule has 1 aromatic carbocycles. The van der Waals surface area contributed by atoms with Crippen LogP contribution in [0.15, 0.2) is 51.1 Å². The fourth-order valence-electron chi connectivity index (χ4n) is 1.81. The average Bonchev–Trinajstić information content (AvgIpc) is 2.28. The van der Waals surface area contributed by atoms with Crippen molar-refractivity contribution in [3.05, 3.63) is 46.9 Å². The van der Waals surface area contributed by atoms with E-state index in [-0.39, 0.29) is 5.41 Å². The van der Waals surface area contributed by atoms with Crippen molar-refractivity contribution in [2.24, 2.45) is 0 Å². The molecule has 0 fully saturated rings. The molecule has 0 nitrogen and oxygen atoms in total. The van der Waals surface area contributed by atoms with Gasteiger partial charge in [0.1, 0.15) is 0 Å². The van der Waals surface area contributed by atoms with Gasteiger partial charge in [-0.2, -0.15) is 0 Å². The normalized spacial score (nSPS) is 12.7. The van der Waals surface area contributed by atoms with Gasteiger partial charge in [-0.25, -0.2) is 0 Å². The molecule has 0 bridgehead atoms. The topological polar surface area (TPSA) is 0 Å². The Bertz CT molecular complexity index is 546. The molecule has 0 saturated carbocycles. The third kappa shape index (κ3) is 5.06. The SMILES string of the molecule is C#C/C=C(S)\C=C/CC(C)(C)c1ccc(S)cc1S. The summed E-state index contributed by atoms with van der Waals surface area (Å²) < 4.78 is 0. The molecule has 0 aliphatic heterocycles. The van der Waals surface area contributed by atoms with E-state index in [9.17, 15) is 0 Å². The Morgan fingerprint density at radius 2 is 2.05 bits per heavy atom. The van der Waals surface area contributed by atoms with Gasteiger partial charge in [-0.3, -0.25) is 0 Å². The van der Waals surface area contributed by atoms with Crippen LogP contribution in [-0.2, 0) is 5.41 Å². The van der Waals surface area contributed by atoms with Crippen LogP contribution in [0.5, 0.6) is 0 Å². The molecular formula is C16H18S3. The largest absolute Gasteiger partial charge is 0.143 e. The third-order valence-corrected chi connectivity index (χ3v) is 3.78. The smallest absolute Gasteiger partial charge is 0.0120 e. The van der Waals surface area contributed by atoms with E-state index in [0.717, 1.165) is 21.1 Å². The molecule has 0 aliphatic carbocycles. The van der Waals surface area contributed by atoms with Crippen LogP contribution in [-0.4, -0.2) is 0 Å². The molecule has 1 aromatic rings. The monoisotopic (exact) mass is 306 g/mol.